The Kier molecular flexibility index (Phi) is 4.50. The number of nitrogens with one attached hydrogen (secondary N) is 1. The monoisotopic (exact) mass is 313 g/mol. The Balaban J connectivity index is 2.81. The quantitative estimate of drug-likeness (QED) is 0.672. The van der Waals surface area contributed by atoms with E-state index in [1.165, 1.54) is 0 Å². The first-order valence-corrected chi connectivity index (χ1v) is 5.65. The van der Waals surface area contributed by atoms with E-state index in [-0.39, 0.29) is 5.33 Å². The van der Waals surface area contributed by atoms with Crippen LogP contribution in [0.1, 0.15) is 5.56 Å². The fourth-order valence-corrected chi connectivity index (χ4v) is 1.28. The maximum atomic E-state index is 13.4. The van der Waals surface area contributed by atoms with Crippen molar-refractivity contribution in [2.45, 2.75) is 5.92 Å². The van der Waals surface area contributed by atoms with Gasteiger partial charge >= 0.3 is 0 Å². The van der Waals surface area contributed by atoms with Gasteiger partial charge in [0.15, 0.2) is 11.6 Å². The molecule has 1 N–H and O–H groups in total. The molecular formula is C10H8BrF4NO. The molecule has 0 aromatic heterocycles. The number of carbonyl (C=O) groups is 1. The van der Waals surface area contributed by atoms with Crippen LogP contribution < -0.4 is 5.32 Å². The van der Waals surface area contributed by atoms with E-state index in [9.17, 15) is 22.4 Å². The molecule has 0 aliphatic heterocycles. The van der Waals surface area contributed by atoms with E-state index in [2.05, 4.69) is 15.9 Å². The van der Waals surface area contributed by atoms with Gasteiger partial charge in [-0.15, -0.1) is 0 Å². The minimum Gasteiger partial charge on any atom is -0.349 e. The van der Waals surface area contributed by atoms with Crippen LogP contribution in [-0.2, 0) is 10.7 Å². The van der Waals surface area contributed by atoms with Crippen LogP contribution in [0, 0.1) is 11.6 Å². The highest BCUT2D eigenvalue weighted by Crippen LogP contribution is 2.28. The molecule has 1 aromatic carbocycles. The molecule has 1 aromatic rings. The fraction of sp³-hybridized carbons (Fsp3) is 0.300. The van der Waals surface area contributed by atoms with Crippen LogP contribution >= 0.6 is 15.9 Å². The molecule has 0 heterocycles. The molecule has 0 bridgehead atoms. The minimum atomic E-state index is -3.45. The number of halogens is 5. The van der Waals surface area contributed by atoms with Crippen LogP contribution in [0.4, 0.5) is 17.6 Å². The zero-order valence-corrected chi connectivity index (χ0v) is 10.0. The molecule has 0 atom stereocenters. The Hall–Kier alpha value is -1.11. The van der Waals surface area contributed by atoms with Gasteiger partial charge in [0, 0.05) is 5.56 Å². The number of benzene rings is 1. The number of amides is 1. The van der Waals surface area contributed by atoms with Gasteiger partial charge in [-0.2, -0.15) is 8.78 Å². The van der Waals surface area contributed by atoms with Crippen LogP contribution in [0.5, 0.6) is 0 Å². The van der Waals surface area contributed by atoms with E-state index in [1.807, 2.05) is 5.32 Å². The maximum absolute atomic E-state index is 13.4. The number of hydrogen-bond acceptors (Lipinski definition) is 1. The molecule has 0 spiro atoms. The number of carbonyl (C=O) groups excluding carboxylic acids is 1. The van der Waals surface area contributed by atoms with E-state index in [1.54, 1.807) is 0 Å². The molecule has 17 heavy (non-hydrogen) atoms. The molecule has 0 radical (unpaired) electrons. The Labute approximate surface area is 103 Å². The normalized spacial score (nSPS) is 11.4. The molecule has 0 saturated heterocycles. The Bertz CT molecular complexity index is 425. The molecule has 0 saturated carbocycles. The Morgan fingerprint density at radius 3 is 2.47 bits per heavy atom. The van der Waals surface area contributed by atoms with Crippen molar-refractivity contribution in [1.82, 2.24) is 5.32 Å². The third kappa shape index (κ3) is 3.69. The zero-order valence-electron chi connectivity index (χ0n) is 8.44. The summed E-state index contributed by atoms with van der Waals surface area (Å²) in [5.74, 6) is -6.62. The summed E-state index contributed by atoms with van der Waals surface area (Å²) in [6.07, 6.45) is 0. The summed E-state index contributed by atoms with van der Waals surface area (Å²) in [4.78, 5) is 10.8. The number of rotatable bonds is 4. The van der Waals surface area contributed by atoms with Crippen molar-refractivity contribution >= 4 is 21.8 Å². The third-order valence-corrected chi connectivity index (χ3v) is 2.48. The van der Waals surface area contributed by atoms with E-state index < -0.39 is 35.6 Å². The van der Waals surface area contributed by atoms with E-state index in [0.717, 1.165) is 6.07 Å². The second-order valence-electron chi connectivity index (χ2n) is 3.24. The molecule has 0 unspecified atom stereocenters. The minimum absolute atomic E-state index is 0.110. The van der Waals surface area contributed by atoms with Gasteiger partial charge in [0.25, 0.3) is 5.92 Å². The topological polar surface area (TPSA) is 29.1 Å². The summed E-state index contributed by atoms with van der Waals surface area (Å²) in [6.45, 7) is -0.970. The van der Waals surface area contributed by atoms with E-state index in [0.29, 0.717) is 12.1 Å². The molecule has 0 fully saturated rings. The Morgan fingerprint density at radius 1 is 1.29 bits per heavy atom. The van der Waals surface area contributed by atoms with Gasteiger partial charge in [0.1, 0.15) is 0 Å². The molecule has 0 aliphatic carbocycles. The highest BCUT2D eigenvalue weighted by molar-refractivity contribution is 9.09. The first-order chi connectivity index (χ1) is 7.86. The predicted molar refractivity (Wildman–Crippen MR) is 57.1 cm³/mol. The number of alkyl halides is 3. The summed E-state index contributed by atoms with van der Waals surface area (Å²) < 4.78 is 52.2. The maximum Gasteiger partial charge on any atom is 0.290 e. The summed E-state index contributed by atoms with van der Waals surface area (Å²) in [5, 5.41) is 1.84. The van der Waals surface area contributed by atoms with Crippen molar-refractivity contribution in [2.24, 2.45) is 0 Å². The lowest BCUT2D eigenvalue weighted by Crippen LogP contribution is -2.35. The van der Waals surface area contributed by atoms with Gasteiger partial charge in [-0.25, -0.2) is 8.78 Å². The van der Waals surface area contributed by atoms with Crippen molar-refractivity contribution in [3.05, 3.63) is 35.4 Å². The SMILES string of the molecule is O=C(CBr)NCC(F)(F)c1ccc(F)c(F)c1. The highest BCUT2D eigenvalue weighted by atomic mass is 79.9. The lowest BCUT2D eigenvalue weighted by atomic mass is 10.1. The van der Waals surface area contributed by atoms with Crippen LogP contribution in [0.15, 0.2) is 18.2 Å². The smallest absolute Gasteiger partial charge is 0.290 e. The molecule has 0 aliphatic rings. The van der Waals surface area contributed by atoms with Crippen molar-refractivity contribution < 1.29 is 22.4 Å². The fourth-order valence-electron chi connectivity index (χ4n) is 1.08. The predicted octanol–water partition coefficient (Wildman–Crippen LogP) is 2.57. The lowest BCUT2D eigenvalue weighted by molar-refractivity contribution is -0.120. The molecular weight excluding hydrogens is 306 g/mol. The van der Waals surface area contributed by atoms with Gasteiger partial charge in [-0.1, -0.05) is 15.9 Å². The van der Waals surface area contributed by atoms with Crippen LogP contribution in [0.25, 0.3) is 0 Å². The van der Waals surface area contributed by atoms with Gasteiger partial charge in [0.05, 0.1) is 11.9 Å². The first-order valence-electron chi connectivity index (χ1n) is 4.53. The lowest BCUT2D eigenvalue weighted by Gasteiger charge is -2.17. The van der Waals surface area contributed by atoms with Crippen LogP contribution in [0.2, 0.25) is 0 Å². The van der Waals surface area contributed by atoms with Crippen molar-refractivity contribution in [3.8, 4) is 0 Å². The molecule has 7 heteroatoms. The van der Waals surface area contributed by atoms with Crippen LogP contribution in [0.3, 0.4) is 0 Å². The summed E-state index contributed by atoms with van der Waals surface area (Å²) in [7, 11) is 0. The standard InChI is InChI=1S/C10H8BrF4NO/c11-4-9(17)16-5-10(14,15)6-1-2-7(12)8(13)3-6/h1-3H,4-5H2,(H,16,17). The number of hydrogen-bond donors (Lipinski definition) is 1. The van der Waals surface area contributed by atoms with Gasteiger partial charge in [0.2, 0.25) is 5.91 Å². The largest absolute Gasteiger partial charge is 0.349 e. The van der Waals surface area contributed by atoms with Crippen molar-refractivity contribution in [1.29, 1.82) is 0 Å². The summed E-state index contributed by atoms with van der Waals surface area (Å²) >= 11 is 2.79. The average Bonchev–Trinajstić information content (AvgIpc) is 2.29. The van der Waals surface area contributed by atoms with Crippen LogP contribution in [-0.4, -0.2) is 17.8 Å². The molecule has 1 amide bonds. The summed E-state index contributed by atoms with van der Waals surface area (Å²) in [5.41, 5.74) is -0.689. The third-order valence-electron chi connectivity index (χ3n) is 1.97. The summed E-state index contributed by atoms with van der Waals surface area (Å²) in [6, 6.07) is 1.80. The Morgan fingerprint density at radius 2 is 1.94 bits per heavy atom. The second-order valence-corrected chi connectivity index (χ2v) is 3.80. The second kappa shape index (κ2) is 5.48. The molecule has 2 nitrogen and oxygen atoms in total. The zero-order chi connectivity index (χ0) is 13.1. The van der Waals surface area contributed by atoms with E-state index in [4.69, 9.17) is 0 Å². The van der Waals surface area contributed by atoms with Crippen molar-refractivity contribution in [2.75, 3.05) is 11.9 Å². The molecule has 94 valence electrons. The van der Waals surface area contributed by atoms with Gasteiger partial charge < -0.3 is 5.32 Å². The van der Waals surface area contributed by atoms with Gasteiger partial charge in [-0.3, -0.25) is 4.79 Å². The van der Waals surface area contributed by atoms with Crippen molar-refractivity contribution in [3.63, 3.8) is 0 Å². The van der Waals surface area contributed by atoms with Gasteiger partial charge in [-0.05, 0) is 18.2 Å². The first kappa shape index (κ1) is 14.0. The van der Waals surface area contributed by atoms with E-state index >= 15 is 0 Å². The molecule has 1 rings (SSSR count). The highest BCUT2D eigenvalue weighted by Gasteiger charge is 2.32. The average molecular weight is 314 g/mol.